The first-order chi connectivity index (χ1) is 13.9. The first-order valence-electron chi connectivity index (χ1n) is 9.58. The van der Waals surface area contributed by atoms with Crippen LogP contribution in [0.25, 0.3) is 0 Å². The molecule has 7 nitrogen and oxygen atoms in total. The van der Waals surface area contributed by atoms with Crippen molar-refractivity contribution in [2.75, 3.05) is 13.1 Å². The van der Waals surface area contributed by atoms with E-state index in [1.807, 2.05) is 0 Å². The van der Waals surface area contributed by atoms with Gasteiger partial charge in [0.15, 0.2) is 0 Å². The van der Waals surface area contributed by atoms with Gasteiger partial charge in [0.1, 0.15) is 11.7 Å². The third-order valence-electron chi connectivity index (χ3n) is 5.53. The van der Waals surface area contributed by atoms with Crippen molar-refractivity contribution in [2.24, 2.45) is 22.4 Å². The number of hydrogen-bond acceptors (Lipinski definition) is 5. The summed E-state index contributed by atoms with van der Waals surface area (Å²) in [5.41, 5.74) is 11.5. The molecule has 1 saturated heterocycles. The van der Waals surface area contributed by atoms with Crippen LogP contribution in [-0.4, -0.2) is 41.8 Å². The number of carbonyl (C=O) groups is 1. The fourth-order valence-electron chi connectivity index (χ4n) is 3.74. The monoisotopic (exact) mass is 418 g/mol. The van der Waals surface area contributed by atoms with Gasteiger partial charge in [-0.3, -0.25) is 4.79 Å². The Labute approximate surface area is 174 Å². The third kappa shape index (κ3) is 5.05. The number of hydrogen-bond donors (Lipinski definition) is 3. The number of halogens is 2. The van der Waals surface area contributed by atoms with Crippen LogP contribution in [0.15, 0.2) is 35.0 Å². The molecule has 1 aliphatic carbocycles. The van der Waals surface area contributed by atoms with Crippen molar-refractivity contribution in [1.82, 2.24) is 10.2 Å². The smallest absolute Gasteiger partial charge is 0.253 e. The standard InChI is InChI=1S/C20H24ClFN6O/c21-16-4-2-13(9-17(16)22)27-19(24)15(20(25)29)11-26-18-5-3-14(8-12(18)10-23)28-6-1-7-28/h2,4,9,11-12,14,18,26H,1,3,5-8H2,(H2,24,27)(H2,25,29)/b15-11+/t12-,14+,18+/m1/s1. The molecule has 0 spiro atoms. The summed E-state index contributed by atoms with van der Waals surface area (Å²) >= 11 is 5.66. The fraction of sp³-hybridized carbons (Fsp3) is 0.450. The van der Waals surface area contributed by atoms with Gasteiger partial charge in [-0.25, -0.2) is 9.38 Å². The number of nitrogens with two attached hydrogens (primary N) is 2. The van der Waals surface area contributed by atoms with E-state index < -0.39 is 11.7 Å². The molecule has 1 aromatic rings. The Morgan fingerprint density at radius 3 is 2.72 bits per heavy atom. The molecule has 0 radical (unpaired) electrons. The van der Waals surface area contributed by atoms with E-state index in [4.69, 9.17) is 23.1 Å². The number of nitriles is 1. The van der Waals surface area contributed by atoms with Gasteiger partial charge in [0.05, 0.1) is 28.3 Å². The Balaban J connectivity index is 1.71. The van der Waals surface area contributed by atoms with Crippen LogP contribution in [0.5, 0.6) is 0 Å². The number of amides is 1. The van der Waals surface area contributed by atoms with E-state index in [9.17, 15) is 14.4 Å². The number of aliphatic imine (C=N–C) groups is 1. The van der Waals surface area contributed by atoms with Crippen LogP contribution in [0, 0.1) is 23.1 Å². The van der Waals surface area contributed by atoms with Crippen LogP contribution in [0.3, 0.4) is 0 Å². The highest BCUT2D eigenvalue weighted by atomic mass is 35.5. The van der Waals surface area contributed by atoms with Gasteiger partial charge in [0.2, 0.25) is 0 Å². The van der Waals surface area contributed by atoms with Crippen LogP contribution in [0.1, 0.15) is 25.7 Å². The van der Waals surface area contributed by atoms with E-state index in [0.717, 1.165) is 38.4 Å². The molecule has 2 aliphatic rings. The van der Waals surface area contributed by atoms with Crippen LogP contribution in [-0.2, 0) is 4.79 Å². The van der Waals surface area contributed by atoms with Gasteiger partial charge in [-0.15, -0.1) is 0 Å². The number of rotatable bonds is 6. The summed E-state index contributed by atoms with van der Waals surface area (Å²) in [4.78, 5) is 18.3. The summed E-state index contributed by atoms with van der Waals surface area (Å²) in [6, 6.07) is 6.65. The molecule has 0 bridgehead atoms. The van der Waals surface area contributed by atoms with E-state index in [-0.39, 0.29) is 34.1 Å². The maximum Gasteiger partial charge on any atom is 0.253 e. The third-order valence-corrected chi connectivity index (χ3v) is 5.84. The van der Waals surface area contributed by atoms with Gasteiger partial charge >= 0.3 is 0 Å². The maximum absolute atomic E-state index is 13.6. The molecular formula is C20H24ClFN6O. The average Bonchev–Trinajstić information content (AvgIpc) is 2.64. The Hall–Kier alpha value is -2.63. The first-order valence-corrected chi connectivity index (χ1v) is 9.96. The molecule has 0 unspecified atom stereocenters. The molecule has 3 atom stereocenters. The van der Waals surface area contributed by atoms with Crippen LogP contribution in [0.2, 0.25) is 5.02 Å². The first kappa shape index (κ1) is 21.1. The van der Waals surface area contributed by atoms with Gasteiger partial charge < -0.3 is 21.7 Å². The quantitative estimate of drug-likeness (QED) is 0.371. The number of nitrogens with zero attached hydrogens (tertiary/aromatic N) is 3. The molecule has 1 aliphatic heterocycles. The summed E-state index contributed by atoms with van der Waals surface area (Å²) < 4.78 is 13.6. The lowest BCUT2D eigenvalue weighted by Gasteiger charge is -2.43. The summed E-state index contributed by atoms with van der Waals surface area (Å²) in [6.45, 7) is 2.20. The molecule has 29 heavy (non-hydrogen) atoms. The molecule has 1 aromatic carbocycles. The van der Waals surface area contributed by atoms with Gasteiger partial charge in [-0.2, -0.15) is 5.26 Å². The van der Waals surface area contributed by atoms with Crippen LogP contribution < -0.4 is 16.8 Å². The summed E-state index contributed by atoms with van der Waals surface area (Å²) in [5, 5.41) is 12.7. The number of primary amides is 1. The Kier molecular flexibility index (Phi) is 6.72. The zero-order valence-electron chi connectivity index (χ0n) is 15.9. The number of benzene rings is 1. The second-order valence-corrected chi connectivity index (χ2v) is 7.79. The molecule has 3 rings (SSSR count). The van der Waals surface area contributed by atoms with E-state index in [1.165, 1.54) is 24.8 Å². The molecule has 1 heterocycles. The predicted octanol–water partition coefficient (Wildman–Crippen LogP) is 2.19. The van der Waals surface area contributed by atoms with Crippen LogP contribution in [0.4, 0.5) is 10.1 Å². The molecule has 154 valence electrons. The molecule has 2 fully saturated rings. The summed E-state index contributed by atoms with van der Waals surface area (Å²) in [7, 11) is 0. The minimum Gasteiger partial charge on any atom is -0.386 e. The average molecular weight is 419 g/mol. The number of likely N-dealkylation sites (tertiary alicyclic amines) is 1. The van der Waals surface area contributed by atoms with Crippen molar-refractivity contribution in [3.05, 3.63) is 40.8 Å². The molecule has 9 heteroatoms. The topological polar surface area (TPSA) is 121 Å². The van der Waals surface area contributed by atoms with Gasteiger partial charge in [-0.05, 0) is 50.9 Å². The highest BCUT2D eigenvalue weighted by Gasteiger charge is 2.34. The Bertz CT molecular complexity index is 876. The van der Waals surface area contributed by atoms with E-state index >= 15 is 0 Å². The van der Waals surface area contributed by atoms with Gasteiger partial charge in [0.25, 0.3) is 5.91 Å². The van der Waals surface area contributed by atoms with Crippen LogP contribution >= 0.6 is 11.6 Å². The molecule has 1 amide bonds. The van der Waals surface area contributed by atoms with E-state index in [1.54, 1.807) is 0 Å². The Morgan fingerprint density at radius 2 is 2.14 bits per heavy atom. The molecule has 1 saturated carbocycles. The normalized spacial score (nSPS) is 25.8. The lowest BCUT2D eigenvalue weighted by Crippen LogP contribution is -2.50. The maximum atomic E-state index is 13.6. The molecule has 0 aromatic heterocycles. The fourth-order valence-corrected chi connectivity index (χ4v) is 3.86. The largest absolute Gasteiger partial charge is 0.386 e. The lowest BCUT2D eigenvalue weighted by molar-refractivity contribution is -0.114. The predicted molar refractivity (Wildman–Crippen MR) is 110 cm³/mol. The minimum absolute atomic E-state index is 0.0260. The Morgan fingerprint density at radius 1 is 1.38 bits per heavy atom. The number of amidine groups is 1. The number of carbonyl (C=O) groups excluding carboxylic acids is 1. The lowest BCUT2D eigenvalue weighted by atomic mass is 9.81. The summed E-state index contributed by atoms with van der Waals surface area (Å²) in [6.07, 6.45) is 5.22. The van der Waals surface area contributed by atoms with Crippen molar-refractivity contribution in [2.45, 2.75) is 37.8 Å². The molecule has 5 N–H and O–H groups in total. The van der Waals surface area contributed by atoms with Crippen molar-refractivity contribution < 1.29 is 9.18 Å². The van der Waals surface area contributed by atoms with Crippen molar-refractivity contribution >= 4 is 29.0 Å². The van der Waals surface area contributed by atoms with Crippen molar-refractivity contribution in [3.8, 4) is 6.07 Å². The highest BCUT2D eigenvalue weighted by Crippen LogP contribution is 2.30. The highest BCUT2D eigenvalue weighted by molar-refractivity contribution is 6.30. The molecular weight excluding hydrogens is 395 g/mol. The number of nitrogens with one attached hydrogen (secondary N) is 1. The van der Waals surface area contributed by atoms with E-state index in [2.05, 4.69) is 21.3 Å². The minimum atomic E-state index is -0.768. The second kappa shape index (κ2) is 9.25. The van der Waals surface area contributed by atoms with Crippen molar-refractivity contribution in [1.29, 1.82) is 5.26 Å². The zero-order valence-corrected chi connectivity index (χ0v) is 16.7. The summed E-state index contributed by atoms with van der Waals surface area (Å²) in [5.74, 6) is -1.73. The zero-order chi connectivity index (χ0) is 21.0. The van der Waals surface area contributed by atoms with Gasteiger partial charge in [-0.1, -0.05) is 11.6 Å². The SMILES string of the molecule is N#C[C@H]1C[C@@H](N2CCC2)CC[C@@H]1N/C=C(/C(N)=O)C(N)=Nc1ccc(Cl)c(F)c1. The second-order valence-electron chi connectivity index (χ2n) is 7.38. The van der Waals surface area contributed by atoms with E-state index in [0.29, 0.717) is 6.04 Å². The van der Waals surface area contributed by atoms with Gasteiger partial charge in [0, 0.05) is 24.4 Å². The van der Waals surface area contributed by atoms with Crippen molar-refractivity contribution in [3.63, 3.8) is 0 Å².